The summed E-state index contributed by atoms with van der Waals surface area (Å²) in [6.45, 7) is 3.33. The van der Waals surface area contributed by atoms with Gasteiger partial charge >= 0.3 is 0 Å². The zero-order valence-electron chi connectivity index (χ0n) is 15.1. The fourth-order valence-corrected chi connectivity index (χ4v) is 3.16. The van der Waals surface area contributed by atoms with Crippen molar-refractivity contribution < 1.29 is 9.18 Å². The third-order valence-corrected chi connectivity index (χ3v) is 4.65. The Morgan fingerprint density at radius 3 is 2.74 bits per heavy atom. The minimum Gasteiger partial charge on any atom is -0.338 e. The average Bonchev–Trinajstić information content (AvgIpc) is 2.63. The van der Waals surface area contributed by atoms with E-state index in [1.807, 2.05) is 11.8 Å². The molecule has 1 aliphatic rings. The molecule has 148 valence electrons. The van der Waals surface area contributed by atoms with Gasteiger partial charge in [0.05, 0.1) is 11.3 Å². The second-order valence-electron chi connectivity index (χ2n) is 6.52. The van der Waals surface area contributed by atoms with Crippen LogP contribution in [0.1, 0.15) is 30.1 Å². The predicted molar refractivity (Wildman–Crippen MR) is 111 cm³/mol. The summed E-state index contributed by atoms with van der Waals surface area (Å²) in [6, 6.07) is 9.82. The van der Waals surface area contributed by atoms with Crippen molar-refractivity contribution in [1.29, 1.82) is 0 Å². The largest absolute Gasteiger partial charge is 0.338 e. The molecule has 0 radical (unpaired) electrons. The summed E-state index contributed by atoms with van der Waals surface area (Å²) >= 11 is 0. The Morgan fingerprint density at radius 1 is 1.30 bits per heavy atom. The number of nitrogens with zero attached hydrogens (tertiary/aromatic N) is 2. The first-order valence-corrected chi connectivity index (χ1v) is 8.57. The maximum Gasteiger partial charge on any atom is 0.257 e. The number of piperidine rings is 1. The number of pyridine rings is 1. The number of para-hydroxylation sites is 1. The molecule has 0 bridgehead atoms. The fraction of sp³-hybridized carbons (Fsp3) is 0.368. The number of hydrogen-bond donors (Lipinski definition) is 2. The van der Waals surface area contributed by atoms with E-state index in [2.05, 4.69) is 10.3 Å². The van der Waals surface area contributed by atoms with Gasteiger partial charge in [-0.05, 0) is 49.9 Å². The minimum absolute atomic E-state index is 0. The summed E-state index contributed by atoms with van der Waals surface area (Å²) < 4.78 is 13.9. The van der Waals surface area contributed by atoms with E-state index in [1.54, 1.807) is 36.5 Å². The lowest BCUT2D eigenvalue weighted by Gasteiger charge is -2.34. The highest BCUT2D eigenvalue weighted by Crippen LogP contribution is 2.25. The van der Waals surface area contributed by atoms with Gasteiger partial charge in [0.15, 0.2) is 0 Å². The van der Waals surface area contributed by atoms with Gasteiger partial charge in [-0.3, -0.25) is 4.79 Å². The van der Waals surface area contributed by atoms with Crippen LogP contribution in [0.3, 0.4) is 0 Å². The maximum atomic E-state index is 13.9. The number of nitrogens with one attached hydrogen (secondary N) is 1. The van der Waals surface area contributed by atoms with Crippen molar-refractivity contribution in [3.63, 3.8) is 0 Å². The number of nitrogens with two attached hydrogens (primary N) is 1. The second kappa shape index (κ2) is 10.4. The van der Waals surface area contributed by atoms with Crippen molar-refractivity contribution in [3.05, 3.63) is 54.0 Å². The smallest absolute Gasteiger partial charge is 0.257 e. The van der Waals surface area contributed by atoms with Gasteiger partial charge < -0.3 is 16.0 Å². The fourth-order valence-electron chi connectivity index (χ4n) is 3.16. The van der Waals surface area contributed by atoms with Crippen LogP contribution in [0.2, 0.25) is 0 Å². The van der Waals surface area contributed by atoms with Crippen LogP contribution in [-0.2, 0) is 0 Å². The van der Waals surface area contributed by atoms with Gasteiger partial charge in [0.1, 0.15) is 11.6 Å². The molecule has 2 heterocycles. The lowest BCUT2D eigenvalue weighted by Crippen LogP contribution is -2.45. The van der Waals surface area contributed by atoms with Crippen molar-refractivity contribution in [2.45, 2.75) is 25.8 Å². The number of anilines is 2. The van der Waals surface area contributed by atoms with Crippen molar-refractivity contribution in [2.24, 2.45) is 11.7 Å². The van der Waals surface area contributed by atoms with E-state index in [4.69, 9.17) is 5.73 Å². The van der Waals surface area contributed by atoms with Crippen molar-refractivity contribution in [3.8, 4) is 0 Å². The van der Waals surface area contributed by atoms with Crippen LogP contribution < -0.4 is 11.1 Å². The standard InChI is InChI=1S/C19H23FN4O.2ClH/c1-13(21)14-6-5-11-24(12-14)19(25)15-7-4-10-22-18(15)23-17-9-3-2-8-16(17)20;;/h2-4,7-10,13-14H,5-6,11-12,21H2,1H3,(H,22,23);2*1H. The number of rotatable bonds is 4. The zero-order chi connectivity index (χ0) is 17.8. The maximum absolute atomic E-state index is 13.9. The molecule has 1 saturated heterocycles. The molecule has 2 unspecified atom stereocenters. The van der Waals surface area contributed by atoms with Crippen LogP contribution >= 0.6 is 24.8 Å². The third-order valence-electron chi connectivity index (χ3n) is 4.65. The summed E-state index contributed by atoms with van der Waals surface area (Å²) in [4.78, 5) is 19.0. The highest BCUT2D eigenvalue weighted by molar-refractivity contribution is 5.99. The van der Waals surface area contributed by atoms with Crippen LogP contribution in [0.25, 0.3) is 0 Å². The summed E-state index contributed by atoms with van der Waals surface area (Å²) in [5, 5.41) is 2.94. The van der Waals surface area contributed by atoms with Crippen LogP contribution in [0.5, 0.6) is 0 Å². The topological polar surface area (TPSA) is 71.2 Å². The van der Waals surface area contributed by atoms with Gasteiger partial charge in [0.25, 0.3) is 5.91 Å². The number of aromatic nitrogens is 1. The van der Waals surface area contributed by atoms with E-state index in [0.29, 0.717) is 36.1 Å². The summed E-state index contributed by atoms with van der Waals surface area (Å²) in [6.07, 6.45) is 3.56. The molecule has 2 atom stereocenters. The molecule has 0 spiro atoms. The van der Waals surface area contributed by atoms with Gasteiger partial charge in [0, 0.05) is 25.3 Å². The van der Waals surface area contributed by atoms with E-state index >= 15 is 0 Å². The highest BCUT2D eigenvalue weighted by atomic mass is 35.5. The number of amides is 1. The summed E-state index contributed by atoms with van der Waals surface area (Å²) in [7, 11) is 0. The van der Waals surface area contributed by atoms with E-state index < -0.39 is 0 Å². The van der Waals surface area contributed by atoms with Crippen molar-refractivity contribution in [2.75, 3.05) is 18.4 Å². The number of halogens is 3. The normalized spacial score (nSPS) is 17.3. The Hall–Kier alpha value is -1.89. The number of likely N-dealkylation sites (tertiary alicyclic amines) is 1. The molecular weight excluding hydrogens is 390 g/mol. The van der Waals surface area contributed by atoms with Crippen molar-refractivity contribution in [1.82, 2.24) is 9.88 Å². The monoisotopic (exact) mass is 414 g/mol. The lowest BCUT2D eigenvalue weighted by molar-refractivity contribution is 0.0661. The Balaban J connectivity index is 0.00000182. The van der Waals surface area contributed by atoms with Gasteiger partial charge in [-0.2, -0.15) is 0 Å². The zero-order valence-corrected chi connectivity index (χ0v) is 16.7. The quantitative estimate of drug-likeness (QED) is 0.792. The third kappa shape index (κ3) is 5.54. The average molecular weight is 415 g/mol. The van der Waals surface area contributed by atoms with Crippen LogP contribution in [-0.4, -0.2) is 34.9 Å². The van der Waals surface area contributed by atoms with Gasteiger partial charge in [-0.25, -0.2) is 9.37 Å². The Morgan fingerprint density at radius 2 is 2.04 bits per heavy atom. The molecule has 27 heavy (non-hydrogen) atoms. The molecule has 1 fully saturated rings. The van der Waals surface area contributed by atoms with Crippen LogP contribution in [0, 0.1) is 11.7 Å². The second-order valence-corrected chi connectivity index (χ2v) is 6.52. The molecule has 1 amide bonds. The Kier molecular flexibility index (Phi) is 8.96. The molecule has 0 aliphatic carbocycles. The van der Waals surface area contributed by atoms with E-state index in [0.717, 1.165) is 12.8 Å². The number of carbonyl (C=O) groups is 1. The van der Waals surface area contributed by atoms with Gasteiger partial charge in [-0.1, -0.05) is 12.1 Å². The minimum atomic E-state index is -0.387. The lowest BCUT2D eigenvalue weighted by atomic mass is 9.92. The summed E-state index contributed by atoms with van der Waals surface area (Å²) in [5.41, 5.74) is 6.75. The van der Waals surface area contributed by atoms with E-state index in [1.165, 1.54) is 6.07 Å². The molecular formula is C19H25Cl2FN4O. The Labute approximate surface area is 171 Å². The van der Waals surface area contributed by atoms with Gasteiger partial charge in [0.2, 0.25) is 0 Å². The molecule has 0 saturated carbocycles. The molecule has 1 aromatic carbocycles. The first-order valence-electron chi connectivity index (χ1n) is 8.57. The molecule has 3 rings (SSSR count). The first-order chi connectivity index (χ1) is 12.1. The molecule has 1 aliphatic heterocycles. The number of hydrogen-bond acceptors (Lipinski definition) is 4. The number of benzene rings is 1. The van der Waals surface area contributed by atoms with E-state index in [9.17, 15) is 9.18 Å². The molecule has 5 nitrogen and oxygen atoms in total. The first kappa shape index (κ1) is 23.1. The number of carbonyl (C=O) groups excluding carboxylic acids is 1. The highest BCUT2D eigenvalue weighted by Gasteiger charge is 2.28. The predicted octanol–water partition coefficient (Wildman–Crippen LogP) is 4.01. The Bertz CT molecular complexity index is 760. The molecule has 1 aromatic heterocycles. The van der Waals surface area contributed by atoms with Crippen LogP contribution in [0.4, 0.5) is 15.9 Å². The van der Waals surface area contributed by atoms with Gasteiger partial charge in [-0.15, -0.1) is 24.8 Å². The van der Waals surface area contributed by atoms with E-state index in [-0.39, 0.29) is 42.6 Å². The SMILES string of the molecule is CC(N)C1CCCN(C(=O)c2cccnc2Nc2ccccc2F)C1.Cl.Cl. The van der Waals surface area contributed by atoms with Crippen molar-refractivity contribution >= 4 is 42.2 Å². The molecule has 3 N–H and O–H groups in total. The molecule has 2 aromatic rings. The summed E-state index contributed by atoms with van der Waals surface area (Å²) in [5.74, 6) is 0.178. The van der Waals surface area contributed by atoms with Crippen LogP contribution in [0.15, 0.2) is 42.6 Å². The molecule has 8 heteroatoms.